The summed E-state index contributed by atoms with van der Waals surface area (Å²) in [4.78, 5) is 0. The van der Waals surface area contributed by atoms with Gasteiger partial charge in [-0.15, -0.1) is 0 Å². The molecule has 0 aliphatic carbocycles. The molecule has 0 radical (unpaired) electrons. The molecule has 1 N–H and O–H groups in total. The lowest BCUT2D eigenvalue weighted by Crippen LogP contribution is -2.58. The van der Waals surface area contributed by atoms with Crippen LogP contribution in [0.2, 0.25) is 0 Å². The molecule has 0 aromatic carbocycles. The molecule has 1 aliphatic heterocycles. The minimum absolute atomic E-state index is 0.0917. The second-order valence-electron chi connectivity index (χ2n) is 2.94. The van der Waals surface area contributed by atoms with Crippen LogP contribution in [0.5, 0.6) is 0 Å². The summed E-state index contributed by atoms with van der Waals surface area (Å²) in [6.45, 7) is 5.27. The molecule has 1 aliphatic rings. The average molecular weight is 160 g/mol. The lowest BCUT2D eigenvalue weighted by atomic mass is 9.90. The fourth-order valence-corrected chi connectivity index (χ4v) is 1.34. The van der Waals surface area contributed by atoms with Crippen molar-refractivity contribution in [3.05, 3.63) is 0 Å². The Morgan fingerprint density at radius 2 is 2.45 bits per heavy atom. The van der Waals surface area contributed by atoms with E-state index in [1.807, 2.05) is 6.92 Å². The summed E-state index contributed by atoms with van der Waals surface area (Å²) in [5.74, 6) is 0. The summed E-state index contributed by atoms with van der Waals surface area (Å²) in [6, 6.07) is 0. The number of hydrogen-bond acceptors (Lipinski definition) is 3. The first-order valence-corrected chi connectivity index (χ1v) is 4.11. The number of aliphatic hydroxyl groups is 1. The standard InChI is InChI=1S/C8H16O3/c1-3-8(11-5-4-9)6-10-7(8)2/h7,9H,3-6H2,1-2H3. The molecule has 1 rings (SSSR count). The summed E-state index contributed by atoms with van der Waals surface area (Å²) >= 11 is 0. The van der Waals surface area contributed by atoms with E-state index in [9.17, 15) is 0 Å². The van der Waals surface area contributed by atoms with Crippen molar-refractivity contribution < 1.29 is 14.6 Å². The van der Waals surface area contributed by atoms with Gasteiger partial charge in [-0.25, -0.2) is 0 Å². The molecule has 2 atom stereocenters. The molecule has 0 amide bonds. The fraction of sp³-hybridized carbons (Fsp3) is 1.00. The Bertz CT molecular complexity index is 123. The molecule has 1 fully saturated rings. The van der Waals surface area contributed by atoms with Crippen LogP contribution in [0, 0.1) is 0 Å². The Morgan fingerprint density at radius 3 is 2.73 bits per heavy atom. The molecule has 0 saturated carbocycles. The van der Waals surface area contributed by atoms with E-state index >= 15 is 0 Å². The Kier molecular flexibility index (Phi) is 2.87. The minimum atomic E-state index is -0.108. The van der Waals surface area contributed by atoms with Gasteiger partial charge in [0.15, 0.2) is 0 Å². The van der Waals surface area contributed by atoms with E-state index in [2.05, 4.69) is 6.92 Å². The third-order valence-electron chi connectivity index (χ3n) is 2.40. The Balaban J connectivity index is 2.35. The van der Waals surface area contributed by atoms with Crippen LogP contribution in [0.1, 0.15) is 20.3 Å². The van der Waals surface area contributed by atoms with Crippen molar-refractivity contribution in [2.24, 2.45) is 0 Å². The highest BCUT2D eigenvalue weighted by Gasteiger charge is 2.45. The zero-order valence-corrected chi connectivity index (χ0v) is 7.17. The van der Waals surface area contributed by atoms with Gasteiger partial charge in [0.2, 0.25) is 0 Å². The SMILES string of the molecule is CCC1(OCCO)COC1C. The predicted octanol–water partition coefficient (Wildman–Crippen LogP) is 0.563. The van der Waals surface area contributed by atoms with E-state index in [1.165, 1.54) is 0 Å². The molecule has 0 aromatic heterocycles. The average Bonchev–Trinajstić information content (AvgIpc) is 2.04. The molecule has 3 nitrogen and oxygen atoms in total. The molecular weight excluding hydrogens is 144 g/mol. The van der Waals surface area contributed by atoms with Crippen LogP contribution in [0.25, 0.3) is 0 Å². The third-order valence-corrected chi connectivity index (χ3v) is 2.40. The number of ether oxygens (including phenoxy) is 2. The highest BCUT2D eigenvalue weighted by Crippen LogP contribution is 2.32. The zero-order chi connectivity index (χ0) is 8.32. The quantitative estimate of drug-likeness (QED) is 0.653. The monoisotopic (exact) mass is 160 g/mol. The fourth-order valence-electron chi connectivity index (χ4n) is 1.34. The minimum Gasteiger partial charge on any atom is -0.394 e. The maximum absolute atomic E-state index is 8.57. The smallest absolute Gasteiger partial charge is 0.117 e. The van der Waals surface area contributed by atoms with Crippen LogP contribution in [0.4, 0.5) is 0 Å². The van der Waals surface area contributed by atoms with Gasteiger partial charge in [-0.05, 0) is 13.3 Å². The summed E-state index contributed by atoms with van der Waals surface area (Å²) in [5.41, 5.74) is -0.108. The van der Waals surface area contributed by atoms with Crippen LogP contribution < -0.4 is 0 Å². The number of aliphatic hydroxyl groups excluding tert-OH is 1. The van der Waals surface area contributed by atoms with Crippen LogP contribution in [-0.2, 0) is 9.47 Å². The third kappa shape index (κ3) is 1.55. The van der Waals surface area contributed by atoms with Crippen molar-refractivity contribution in [1.82, 2.24) is 0 Å². The van der Waals surface area contributed by atoms with E-state index in [-0.39, 0.29) is 18.3 Å². The molecular formula is C8H16O3. The Hall–Kier alpha value is -0.120. The summed E-state index contributed by atoms with van der Waals surface area (Å²) in [6.07, 6.45) is 1.13. The van der Waals surface area contributed by atoms with Gasteiger partial charge in [-0.2, -0.15) is 0 Å². The van der Waals surface area contributed by atoms with Crippen LogP contribution in [-0.4, -0.2) is 36.6 Å². The summed E-state index contributed by atoms with van der Waals surface area (Å²) in [7, 11) is 0. The van der Waals surface area contributed by atoms with Gasteiger partial charge < -0.3 is 14.6 Å². The maximum atomic E-state index is 8.57. The largest absolute Gasteiger partial charge is 0.394 e. The number of hydrogen-bond donors (Lipinski definition) is 1. The normalized spacial score (nSPS) is 36.8. The van der Waals surface area contributed by atoms with E-state index < -0.39 is 0 Å². The topological polar surface area (TPSA) is 38.7 Å². The highest BCUT2D eigenvalue weighted by molar-refractivity contribution is 4.93. The van der Waals surface area contributed by atoms with Crippen LogP contribution in [0.15, 0.2) is 0 Å². The van der Waals surface area contributed by atoms with Gasteiger partial charge in [0, 0.05) is 0 Å². The van der Waals surface area contributed by atoms with Crippen molar-refractivity contribution in [3.63, 3.8) is 0 Å². The summed E-state index contributed by atoms with van der Waals surface area (Å²) < 4.78 is 10.7. The van der Waals surface area contributed by atoms with Gasteiger partial charge in [0.05, 0.1) is 25.9 Å². The second kappa shape index (κ2) is 3.52. The van der Waals surface area contributed by atoms with Gasteiger partial charge in [0.1, 0.15) is 5.60 Å². The first-order valence-electron chi connectivity index (χ1n) is 4.11. The van der Waals surface area contributed by atoms with Gasteiger partial charge in [-0.1, -0.05) is 6.92 Å². The molecule has 0 bridgehead atoms. The first-order chi connectivity index (χ1) is 5.25. The van der Waals surface area contributed by atoms with Crippen molar-refractivity contribution in [1.29, 1.82) is 0 Å². The van der Waals surface area contributed by atoms with Crippen LogP contribution >= 0.6 is 0 Å². The van der Waals surface area contributed by atoms with Crippen LogP contribution in [0.3, 0.4) is 0 Å². The van der Waals surface area contributed by atoms with Crippen molar-refractivity contribution in [2.75, 3.05) is 19.8 Å². The van der Waals surface area contributed by atoms with Crippen molar-refractivity contribution in [3.8, 4) is 0 Å². The summed E-state index contributed by atoms with van der Waals surface area (Å²) in [5, 5.41) is 8.57. The molecule has 3 heteroatoms. The maximum Gasteiger partial charge on any atom is 0.117 e. The first kappa shape index (κ1) is 8.97. The van der Waals surface area contributed by atoms with E-state index in [0.29, 0.717) is 13.2 Å². The molecule has 1 saturated heterocycles. The number of rotatable bonds is 4. The van der Waals surface area contributed by atoms with Gasteiger partial charge in [0.25, 0.3) is 0 Å². The van der Waals surface area contributed by atoms with Gasteiger partial charge >= 0.3 is 0 Å². The van der Waals surface area contributed by atoms with Crippen molar-refractivity contribution in [2.45, 2.75) is 32.0 Å². The van der Waals surface area contributed by atoms with E-state index in [4.69, 9.17) is 14.6 Å². The van der Waals surface area contributed by atoms with Gasteiger partial charge in [-0.3, -0.25) is 0 Å². The van der Waals surface area contributed by atoms with E-state index in [1.54, 1.807) is 0 Å². The second-order valence-corrected chi connectivity index (χ2v) is 2.94. The molecule has 1 heterocycles. The highest BCUT2D eigenvalue weighted by atomic mass is 16.6. The molecule has 2 unspecified atom stereocenters. The zero-order valence-electron chi connectivity index (χ0n) is 7.17. The Labute approximate surface area is 67.3 Å². The van der Waals surface area contributed by atoms with Crippen molar-refractivity contribution >= 4 is 0 Å². The molecule has 66 valence electrons. The molecule has 0 spiro atoms. The lowest BCUT2D eigenvalue weighted by Gasteiger charge is -2.46. The molecule has 11 heavy (non-hydrogen) atoms. The molecule has 0 aromatic rings. The van der Waals surface area contributed by atoms with E-state index in [0.717, 1.165) is 6.42 Å². The lowest BCUT2D eigenvalue weighted by molar-refractivity contribution is -0.257. The predicted molar refractivity (Wildman–Crippen MR) is 41.5 cm³/mol. The Morgan fingerprint density at radius 1 is 1.73 bits per heavy atom.